The molecular formula is C23H23N3O3. The molecular weight excluding hydrogens is 366 g/mol. The quantitative estimate of drug-likeness (QED) is 0.652. The molecule has 0 aliphatic rings. The normalized spacial score (nSPS) is 10.4. The lowest BCUT2D eigenvalue weighted by molar-refractivity contribution is -0.130. The van der Waals surface area contributed by atoms with E-state index < -0.39 is 11.5 Å². The van der Waals surface area contributed by atoms with Gasteiger partial charge < -0.3 is 15.2 Å². The van der Waals surface area contributed by atoms with E-state index in [0.29, 0.717) is 18.8 Å². The molecule has 0 saturated carbocycles. The Morgan fingerprint density at radius 3 is 2.21 bits per heavy atom. The van der Waals surface area contributed by atoms with E-state index in [9.17, 15) is 14.4 Å². The number of aromatic nitrogens is 1. The molecule has 0 aliphatic carbocycles. The largest absolute Gasteiger partial charge is 0.343 e. The van der Waals surface area contributed by atoms with Crippen molar-refractivity contribution in [2.24, 2.45) is 0 Å². The van der Waals surface area contributed by atoms with Crippen LogP contribution in [0.15, 0.2) is 77.6 Å². The Labute approximate surface area is 169 Å². The van der Waals surface area contributed by atoms with Gasteiger partial charge in [-0.05, 0) is 30.2 Å². The first-order valence-corrected chi connectivity index (χ1v) is 9.47. The van der Waals surface area contributed by atoms with Crippen molar-refractivity contribution in [2.75, 3.05) is 13.1 Å². The highest BCUT2D eigenvalue weighted by Gasteiger charge is 2.16. The van der Waals surface area contributed by atoms with Crippen LogP contribution in [0.4, 0.5) is 0 Å². The van der Waals surface area contributed by atoms with Gasteiger partial charge in [0.15, 0.2) is 0 Å². The van der Waals surface area contributed by atoms with Crippen LogP contribution in [0.25, 0.3) is 11.3 Å². The van der Waals surface area contributed by atoms with Crippen molar-refractivity contribution in [2.45, 2.75) is 13.5 Å². The lowest BCUT2D eigenvalue weighted by Crippen LogP contribution is -2.40. The molecule has 1 aromatic heterocycles. The van der Waals surface area contributed by atoms with E-state index in [2.05, 4.69) is 10.3 Å². The number of hydrogen-bond donors (Lipinski definition) is 2. The molecule has 2 N–H and O–H groups in total. The predicted octanol–water partition coefficient (Wildman–Crippen LogP) is 2.82. The summed E-state index contributed by atoms with van der Waals surface area (Å²) >= 11 is 0. The number of nitrogens with one attached hydrogen (secondary N) is 2. The SMILES string of the molecule is CCN(Cc1ccccc1)C(=O)CNC(=O)c1ccc(-c2ccccc2)[nH]c1=O. The van der Waals surface area contributed by atoms with Gasteiger partial charge >= 0.3 is 0 Å². The van der Waals surface area contributed by atoms with E-state index in [1.165, 1.54) is 6.07 Å². The van der Waals surface area contributed by atoms with Crippen molar-refractivity contribution in [1.29, 1.82) is 0 Å². The lowest BCUT2D eigenvalue weighted by Gasteiger charge is -2.21. The molecule has 0 atom stereocenters. The van der Waals surface area contributed by atoms with E-state index in [1.807, 2.05) is 67.6 Å². The van der Waals surface area contributed by atoms with E-state index >= 15 is 0 Å². The molecule has 0 aliphatic heterocycles. The Hall–Kier alpha value is -3.67. The maximum Gasteiger partial charge on any atom is 0.261 e. The zero-order valence-electron chi connectivity index (χ0n) is 16.2. The zero-order valence-corrected chi connectivity index (χ0v) is 16.2. The summed E-state index contributed by atoms with van der Waals surface area (Å²) in [5.41, 5.74) is 1.98. The second-order valence-corrected chi connectivity index (χ2v) is 6.56. The van der Waals surface area contributed by atoms with Crippen LogP contribution in [-0.4, -0.2) is 34.8 Å². The molecule has 0 radical (unpaired) electrons. The van der Waals surface area contributed by atoms with Gasteiger partial charge in [-0.1, -0.05) is 60.7 Å². The molecule has 29 heavy (non-hydrogen) atoms. The Balaban J connectivity index is 1.62. The van der Waals surface area contributed by atoms with Crippen LogP contribution in [0.3, 0.4) is 0 Å². The molecule has 6 heteroatoms. The molecule has 3 aromatic rings. The number of hydrogen-bond acceptors (Lipinski definition) is 3. The third-order valence-electron chi connectivity index (χ3n) is 4.59. The van der Waals surface area contributed by atoms with E-state index in [0.717, 1.165) is 11.1 Å². The molecule has 0 unspecified atom stereocenters. The van der Waals surface area contributed by atoms with Crippen LogP contribution in [0.5, 0.6) is 0 Å². The summed E-state index contributed by atoms with van der Waals surface area (Å²) < 4.78 is 0. The highest BCUT2D eigenvalue weighted by atomic mass is 16.2. The minimum absolute atomic E-state index is 0.0245. The fourth-order valence-corrected chi connectivity index (χ4v) is 2.98. The van der Waals surface area contributed by atoms with Gasteiger partial charge in [0.05, 0.1) is 6.54 Å². The molecule has 3 rings (SSSR count). The predicted molar refractivity (Wildman–Crippen MR) is 112 cm³/mol. The maximum atomic E-state index is 12.5. The average Bonchev–Trinajstić information content (AvgIpc) is 2.76. The fraction of sp³-hybridized carbons (Fsp3) is 0.174. The summed E-state index contributed by atoms with van der Waals surface area (Å²) in [6.45, 7) is 2.71. The van der Waals surface area contributed by atoms with Crippen molar-refractivity contribution >= 4 is 11.8 Å². The molecule has 148 valence electrons. The van der Waals surface area contributed by atoms with Gasteiger partial charge in [0.2, 0.25) is 5.91 Å². The molecule has 2 aromatic carbocycles. The number of amides is 2. The molecule has 0 saturated heterocycles. The van der Waals surface area contributed by atoms with Crippen LogP contribution < -0.4 is 10.9 Å². The van der Waals surface area contributed by atoms with Crippen molar-refractivity contribution < 1.29 is 9.59 Å². The third-order valence-corrected chi connectivity index (χ3v) is 4.59. The smallest absolute Gasteiger partial charge is 0.261 e. The minimum atomic E-state index is -0.574. The van der Waals surface area contributed by atoms with Crippen molar-refractivity contribution in [3.63, 3.8) is 0 Å². The van der Waals surface area contributed by atoms with Crippen LogP contribution in [0.1, 0.15) is 22.8 Å². The first-order valence-electron chi connectivity index (χ1n) is 9.47. The Bertz CT molecular complexity index is 1030. The number of carbonyl (C=O) groups is 2. The standard InChI is InChI=1S/C23H23N3O3/c1-2-26(16-17-9-5-3-6-10-17)21(27)15-24-22(28)19-13-14-20(25-23(19)29)18-11-7-4-8-12-18/h3-14H,2,15-16H2,1H3,(H,24,28)(H,25,29). The average molecular weight is 389 g/mol. The van der Waals surface area contributed by atoms with Crippen LogP contribution in [-0.2, 0) is 11.3 Å². The number of pyridine rings is 1. The number of H-pyrrole nitrogens is 1. The molecule has 1 heterocycles. The second kappa shape index (κ2) is 9.50. The van der Waals surface area contributed by atoms with Crippen molar-refractivity contribution in [3.8, 4) is 11.3 Å². The van der Waals surface area contributed by atoms with Gasteiger partial charge in [-0.3, -0.25) is 14.4 Å². The van der Waals surface area contributed by atoms with E-state index in [-0.39, 0.29) is 18.0 Å². The molecule has 0 spiro atoms. The second-order valence-electron chi connectivity index (χ2n) is 6.56. The molecule has 2 amide bonds. The maximum absolute atomic E-state index is 12.5. The zero-order chi connectivity index (χ0) is 20.6. The topological polar surface area (TPSA) is 82.3 Å². The summed E-state index contributed by atoms with van der Waals surface area (Å²) in [5, 5.41) is 2.55. The van der Waals surface area contributed by atoms with E-state index in [1.54, 1.807) is 11.0 Å². The van der Waals surface area contributed by atoms with Gasteiger partial charge in [-0.25, -0.2) is 0 Å². The van der Waals surface area contributed by atoms with Gasteiger partial charge in [0.25, 0.3) is 11.5 Å². The number of carbonyl (C=O) groups excluding carboxylic acids is 2. The van der Waals surface area contributed by atoms with Gasteiger partial charge in [-0.15, -0.1) is 0 Å². The molecule has 6 nitrogen and oxygen atoms in total. The summed E-state index contributed by atoms with van der Waals surface area (Å²) in [4.78, 5) is 41.5. The van der Waals surface area contributed by atoms with Gasteiger partial charge in [0, 0.05) is 18.8 Å². The highest BCUT2D eigenvalue weighted by Crippen LogP contribution is 2.14. The van der Waals surface area contributed by atoms with Gasteiger partial charge in [-0.2, -0.15) is 0 Å². The first-order chi connectivity index (χ1) is 14.1. The Morgan fingerprint density at radius 1 is 0.931 bits per heavy atom. The molecule has 0 fully saturated rings. The van der Waals surface area contributed by atoms with Crippen LogP contribution in [0, 0.1) is 0 Å². The van der Waals surface area contributed by atoms with Crippen molar-refractivity contribution in [3.05, 3.63) is 94.3 Å². The number of nitrogens with zero attached hydrogens (tertiary/aromatic N) is 1. The minimum Gasteiger partial charge on any atom is -0.343 e. The Morgan fingerprint density at radius 2 is 1.59 bits per heavy atom. The fourth-order valence-electron chi connectivity index (χ4n) is 2.98. The summed E-state index contributed by atoms with van der Waals surface area (Å²) in [7, 11) is 0. The van der Waals surface area contributed by atoms with Crippen LogP contribution in [0.2, 0.25) is 0 Å². The number of benzene rings is 2. The molecule has 0 bridgehead atoms. The van der Waals surface area contributed by atoms with E-state index in [4.69, 9.17) is 0 Å². The highest BCUT2D eigenvalue weighted by molar-refractivity contribution is 5.96. The van der Waals surface area contributed by atoms with Crippen molar-refractivity contribution in [1.82, 2.24) is 15.2 Å². The first kappa shape index (κ1) is 20.1. The monoisotopic (exact) mass is 389 g/mol. The lowest BCUT2D eigenvalue weighted by atomic mass is 10.1. The van der Waals surface area contributed by atoms with Gasteiger partial charge in [0.1, 0.15) is 5.56 Å². The summed E-state index contributed by atoms with van der Waals surface area (Å²) in [5.74, 6) is -0.781. The van der Waals surface area contributed by atoms with Crippen LogP contribution >= 0.6 is 0 Å². The number of aromatic amines is 1. The third kappa shape index (κ3) is 5.19. The number of rotatable bonds is 7. The number of likely N-dealkylation sites (N-methyl/N-ethyl adjacent to an activating group) is 1. The summed E-state index contributed by atoms with van der Waals surface area (Å²) in [6, 6.07) is 22.2. The Kier molecular flexibility index (Phi) is 6.58. The summed E-state index contributed by atoms with van der Waals surface area (Å²) in [6.07, 6.45) is 0.